The van der Waals surface area contributed by atoms with Gasteiger partial charge in [0.15, 0.2) is 11.5 Å². The number of rotatable bonds is 11. The highest BCUT2D eigenvalue weighted by Crippen LogP contribution is 2.28. The number of nitrogens with zero attached hydrogens (tertiary/aromatic N) is 3. The van der Waals surface area contributed by atoms with Gasteiger partial charge in [0, 0.05) is 25.3 Å². The molecule has 0 aliphatic carbocycles. The van der Waals surface area contributed by atoms with Crippen LogP contribution in [0.2, 0.25) is 0 Å². The number of likely N-dealkylation sites (tertiary alicyclic amines) is 1. The number of nitrogens with one attached hydrogen (secondary N) is 1. The summed E-state index contributed by atoms with van der Waals surface area (Å²) < 4.78 is 13.5. The van der Waals surface area contributed by atoms with Crippen LogP contribution in [-0.2, 0) is 13.1 Å². The molecule has 0 radical (unpaired) electrons. The summed E-state index contributed by atoms with van der Waals surface area (Å²) in [6.07, 6.45) is 5.85. The lowest BCUT2D eigenvalue weighted by atomic mass is 10.1. The van der Waals surface area contributed by atoms with E-state index < -0.39 is 6.10 Å². The third-order valence-corrected chi connectivity index (χ3v) is 6.01. The SMILES string of the molecule is COc1ccc(CNCCn2nc(C)cc2C)cc1OC[C@@H](O)CN1CCCCCCC1. The highest BCUT2D eigenvalue weighted by Gasteiger charge is 2.15. The summed E-state index contributed by atoms with van der Waals surface area (Å²) in [7, 11) is 1.64. The van der Waals surface area contributed by atoms with Crippen LogP contribution >= 0.6 is 0 Å². The molecule has 2 N–H and O–H groups in total. The number of hydrogen-bond acceptors (Lipinski definition) is 6. The molecule has 1 aromatic heterocycles. The van der Waals surface area contributed by atoms with Crippen molar-refractivity contribution in [2.75, 3.05) is 39.9 Å². The molecule has 178 valence electrons. The lowest BCUT2D eigenvalue weighted by Crippen LogP contribution is -2.37. The van der Waals surface area contributed by atoms with Gasteiger partial charge in [-0.25, -0.2) is 0 Å². The lowest BCUT2D eigenvalue weighted by Gasteiger charge is -2.26. The topological polar surface area (TPSA) is 71.8 Å². The van der Waals surface area contributed by atoms with Crippen LogP contribution in [0.15, 0.2) is 24.3 Å². The maximum absolute atomic E-state index is 10.5. The fraction of sp³-hybridized carbons (Fsp3) is 0.640. The summed E-state index contributed by atoms with van der Waals surface area (Å²) in [6.45, 7) is 9.56. The van der Waals surface area contributed by atoms with Crippen molar-refractivity contribution >= 4 is 0 Å². The number of benzene rings is 1. The van der Waals surface area contributed by atoms with Gasteiger partial charge in [0.1, 0.15) is 12.7 Å². The van der Waals surface area contributed by atoms with Gasteiger partial charge in [0.05, 0.1) is 19.3 Å². The maximum Gasteiger partial charge on any atom is 0.161 e. The van der Waals surface area contributed by atoms with Crippen LogP contribution in [0.5, 0.6) is 11.5 Å². The summed E-state index contributed by atoms with van der Waals surface area (Å²) in [6, 6.07) is 8.06. The van der Waals surface area contributed by atoms with Crippen molar-refractivity contribution < 1.29 is 14.6 Å². The van der Waals surface area contributed by atoms with Crippen molar-refractivity contribution in [2.45, 2.75) is 65.1 Å². The second-order valence-corrected chi connectivity index (χ2v) is 8.85. The number of aliphatic hydroxyl groups excluding tert-OH is 1. The van der Waals surface area contributed by atoms with Crippen LogP contribution < -0.4 is 14.8 Å². The second-order valence-electron chi connectivity index (χ2n) is 8.85. The maximum atomic E-state index is 10.5. The molecule has 0 saturated carbocycles. The van der Waals surface area contributed by atoms with E-state index in [1.54, 1.807) is 7.11 Å². The van der Waals surface area contributed by atoms with Gasteiger partial charge >= 0.3 is 0 Å². The Labute approximate surface area is 192 Å². The average molecular weight is 445 g/mol. The van der Waals surface area contributed by atoms with Gasteiger partial charge < -0.3 is 24.8 Å². The van der Waals surface area contributed by atoms with Gasteiger partial charge in [-0.05, 0) is 63.5 Å². The number of aryl methyl sites for hydroxylation is 2. The minimum Gasteiger partial charge on any atom is -0.493 e. The second kappa shape index (κ2) is 12.8. The molecule has 1 saturated heterocycles. The third-order valence-electron chi connectivity index (χ3n) is 6.01. The normalized spacial score (nSPS) is 16.4. The van der Waals surface area contributed by atoms with Crippen molar-refractivity contribution in [1.82, 2.24) is 20.0 Å². The molecule has 1 aromatic carbocycles. The Kier molecular flexibility index (Phi) is 9.84. The number of β-amino-alcohol motifs (C(OH)–C–C–N with tert-alkyl or cyclic N) is 1. The predicted molar refractivity (Wildman–Crippen MR) is 127 cm³/mol. The Morgan fingerprint density at radius 3 is 2.50 bits per heavy atom. The molecule has 0 amide bonds. The van der Waals surface area contributed by atoms with E-state index in [9.17, 15) is 5.11 Å². The Morgan fingerprint density at radius 1 is 1.06 bits per heavy atom. The monoisotopic (exact) mass is 444 g/mol. The molecule has 32 heavy (non-hydrogen) atoms. The van der Waals surface area contributed by atoms with Gasteiger partial charge in [0.25, 0.3) is 0 Å². The van der Waals surface area contributed by atoms with Crippen molar-refractivity contribution in [3.8, 4) is 11.5 Å². The number of hydrogen-bond donors (Lipinski definition) is 2. The molecule has 0 spiro atoms. The number of aliphatic hydroxyl groups is 1. The van der Waals surface area contributed by atoms with Gasteiger partial charge in [0.2, 0.25) is 0 Å². The quantitative estimate of drug-likeness (QED) is 0.518. The Morgan fingerprint density at radius 2 is 1.81 bits per heavy atom. The van der Waals surface area contributed by atoms with E-state index in [0.717, 1.165) is 44.0 Å². The van der Waals surface area contributed by atoms with Crippen molar-refractivity contribution in [2.24, 2.45) is 0 Å². The van der Waals surface area contributed by atoms with Crippen LogP contribution in [0.4, 0.5) is 0 Å². The molecule has 2 aromatic rings. The molecule has 1 atom stereocenters. The van der Waals surface area contributed by atoms with E-state index in [2.05, 4.69) is 28.3 Å². The van der Waals surface area contributed by atoms with Crippen molar-refractivity contribution in [1.29, 1.82) is 0 Å². The highest BCUT2D eigenvalue weighted by molar-refractivity contribution is 5.43. The van der Waals surface area contributed by atoms with Crippen LogP contribution in [0.3, 0.4) is 0 Å². The molecule has 2 heterocycles. The largest absolute Gasteiger partial charge is 0.493 e. The summed E-state index contributed by atoms with van der Waals surface area (Å²) in [5, 5.41) is 18.5. The van der Waals surface area contributed by atoms with E-state index in [1.165, 1.54) is 37.8 Å². The average Bonchev–Trinajstić information content (AvgIpc) is 3.08. The molecule has 1 aliphatic heterocycles. The van der Waals surface area contributed by atoms with E-state index in [4.69, 9.17) is 9.47 Å². The number of methoxy groups -OCH3 is 1. The lowest BCUT2D eigenvalue weighted by molar-refractivity contribution is 0.0644. The Hall–Kier alpha value is -2.09. The third kappa shape index (κ3) is 7.80. The summed E-state index contributed by atoms with van der Waals surface area (Å²) in [5.41, 5.74) is 3.35. The van der Waals surface area contributed by atoms with E-state index in [-0.39, 0.29) is 6.61 Å². The van der Waals surface area contributed by atoms with Crippen LogP contribution in [0.1, 0.15) is 49.1 Å². The summed E-state index contributed by atoms with van der Waals surface area (Å²) >= 11 is 0. The molecule has 1 aliphatic rings. The zero-order valence-corrected chi connectivity index (χ0v) is 20.0. The minimum absolute atomic E-state index is 0.266. The molecular formula is C25H40N4O3. The molecular weight excluding hydrogens is 404 g/mol. The first-order valence-corrected chi connectivity index (χ1v) is 12.0. The first kappa shape index (κ1) is 24.6. The number of ether oxygens (including phenoxy) is 2. The van der Waals surface area contributed by atoms with Crippen molar-refractivity contribution in [3.63, 3.8) is 0 Å². The minimum atomic E-state index is -0.512. The van der Waals surface area contributed by atoms with Gasteiger partial charge in [-0.1, -0.05) is 25.3 Å². The standard InChI is InChI=1S/C25H40N4O3/c1-20-15-21(2)29(27-20)14-11-26-17-22-9-10-24(31-3)25(16-22)32-19-23(30)18-28-12-7-5-4-6-8-13-28/h9-10,15-16,23,26,30H,4-8,11-14,17-19H2,1-3H3/t23-/m0/s1. The molecule has 0 bridgehead atoms. The fourth-order valence-corrected chi connectivity index (χ4v) is 4.30. The van der Waals surface area contributed by atoms with E-state index >= 15 is 0 Å². The fourth-order valence-electron chi connectivity index (χ4n) is 4.30. The Balaban J connectivity index is 1.46. The first-order chi connectivity index (χ1) is 15.5. The molecule has 3 rings (SSSR count). The molecule has 1 fully saturated rings. The number of aromatic nitrogens is 2. The predicted octanol–water partition coefficient (Wildman–Crippen LogP) is 3.30. The molecule has 0 unspecified atom stereocenters. The van der Waals surface area contributed by atoms with Crippen LogP contribution in [-0.4, -0.2) is 65.8 Å². The highest BCUT2D eigenvalue weighted by atomic mass is 16.5. The van der Waals surface area contributed by atoms with Crippen LogP contribution in [0.25, 0.3) is 0 Å². The van der Waals surface area contributed by atoms with Gasteiger partial charge in [-0.15, -0.1) is 0 Å². The van der Waals surface area contributed by atoms with Crippen molar-refractivity contribution in [3.05, 3.63) is 41.2 Å². The zero-order chi connectivity index (χ0) is 22.8. The van der Waals surface area contributed by atoms with Gasteiger partial charge in [-0.3, -0.25) is 4.68 Å². The van der Waals surface area contributed by atoms with E-state index in [1.807, 2.05) is 29.8 Å². The van der Waals surface area contributed by atoms with Gasteiger partial charge in [-0.2, -0.15) is 5.10 Å². The summed E-state index contributed by atoms with van der Waals surface area (Å²) in [5.74, 6) is 1.37. The molecule has 7 heteroatoms. The van der Waals surface area contributed by atoms with Crippen LogP contribution in [0, 0.1) is 13.8 Å². The van der Waals surface area contributed by atoms with E-state index in [0.29, 0.717) is 18.0 Å². The summed E-state index contributed by atoms with van der Waals surface area (Å²) in [4.78, 5) is 2.37. The zero-order valence-electron chi connectivity index (χ0n) is 20.0. The smallest absolute Gasteiger partial charge is 0.161 e. The first-order valence-electron chi connectivity index (χ1n) is 12.0. The molecule has 7 nitrogen and oxygen atoms in total. The Bertz CT molecular complexity index is 816.